The lowest BCUT2D eigenvalue weighted by molar-refractivity contribution is 0.321. The average molecular weight is 310 g/mol. The number of ether oxygens (including phenoxy) is 1. The van der Waals surface area contributed by atoms with Gasteiger partial charge in [0.05, 0.1) is 24.4 Å². The van der Waals surface area contributed by atoms with Crippen LogP contribution in [0.25, 0.3) is 22.4 Å². The van der Waals surface area contributed by atoms with E-state index in [1.807, 2.05) is 12.1 Å². The van der Waals surface area contributed by atoms with E-state index in [-0.39, 0.29) is 0 Å². The number of oxazole rings is 1. The second-order valence-corrected chi connectivity index (χ2v) is 6.39. The molecule has 1 saturated carbocycles. The molecular formula is C19H22N2O2. The molecule has 0 bridgehead atoms. The van der Waals surface area contributed by atoms with Gasteiger partial charge in [0.25, 0.3) is 0 Å². The molecule has 1 aliphatic rings. The van der Waals surface area contributed by atoms with Gasteiger partial charge < -0.3 is 13.7 Å². The third kappa shape index (κ3) is 2.62. The third-order valence-electron chi connectivity index (χ3n) is 4.92. The number of hydrogen-bond donors (Lipinski definition) is 0. The Bertz CT molecular complexity index is 783. The molecule has 120 valence electrons. The number of methoxy groups -OCH3 is 1. The molecule has 4 nitrogen and oxygen atoms in total. The summed E-state index contributed by atoms with van der Waals surface area (Å²) in [6, 6.07) is 6.17. The first-order chi connectivity index (χ1) is 11.4. The highest BCUT2D eigenvalue weighted by atomic mass is 16.5. The van der Waals surface area contributed by atoms with Crippen molar-refractivity contribution < 1.29 is 9.15 Å². The molecule has 0 N–H and O–H groups in total. The van der Waals surface area contributed by atoms with Crippen LogP contribution in [0.15, 0.2) is 41.3 Å². The highest BCUT2D eigenvalue weighted by Crippen LogP contribution is 2.36. The molecule has 0 saturated heterocycles. The van der Waals surface area contributed by atoms with Crippen molar-refractivity contribution in [3.05, 3.63) is 36.9 Å². The minimum atomic E-state index is 0.672. The fraction of sp³-hybridized carbons (Fsp3) is 0.421. The van der Waals surface area contributed by atoms with E-state index in [1.165, 1.54) is 32.1 Å². The van der Waals surface area contributed by atoms with Crippen molar-refractivity contribution >= 4 is 10.9 Å². The number of hydrogen-bond acceptors (Lipinski definition) is 3. The maximum absolute atomic E-state index is 5.62. The van der Waals surface area contributed by atoms with Crippen molar-refractivity contribution in [2.75, 3.05) is 7.11 Å². The normalized spacial score (nSPS) is 16.0. The van der Waals surface area contributed by atoms with E-state index in [0.29, 0.717) is 5.89 Å². The Morgan fingerprint density at radius 2 is 2.13 bits per heavy atom. The maximum Gasteiger partial charge on any atom is 0.228 e. The molecule has 1 aromatic carbocycles. The minimum Gasteiger partial charge on any atom is -0.495 e. The van der Waals surface area contributed by atoms with E-state index in [4.69, 9.17) is 9.15 Å². The molecule has 0 atom stereocenters. The summed E-state index contributed by atoms with van der Waals surface area (Å²) in [4.78, 5) is 4.33. The molecule has 0 spiro atoms. The molecule has 0 unspecified atom stereocenters. The minimum absolute atomic E-state index is 0.672. The van der Waals surface area contributed by atoms with Gasteiger partial charge in [-0.25, -0.2) is 4.98 Å². The molecule has 0 radical (unpaired) electrons. The Morgan fingerprint density at radius 3 is 2.87 bits per heavy atom. The van der Waals surface area contributed by atoms with E-state index in [0.717, 1.165) is 34.7 Å². The number of nitrogens with zero attached hydrogens (tertiary/aromatic N) is 2. The van der Waals surface area contributed by atoms with E-state index in [2.05, 4.69) is 21.8 Å². The Kier molecular flexibility index (Phi) is 3.82. The van der Waals surface area contributed by atoms with Crippen LogP contribution in [-0.4, -0.2) is 16.7 Å². The summed E-state index contributed by atoms with van der Waals surface area (Å²) in [5, 5.41) is 1.14. The summed E-state index contributed by atoms with van der Waals surface area (Å²) in [7, 11) is 1.73. The third-order valence-corrected chi connectivity index (χ3v) is 4.92. The largest absolute Gasteiger partial charge is 0.495 e. The van der Waals surface area contributed by atoms with Crippen LogP contribution in [0.1, 0.15) is 32.1 Å². The number of rotatable bonds is 4. The monoisotopic (exact) mass is 310 g/mol. The summed E-state index contributed by atoms with van der Waals surface area (Å²) >= 11 is 0. The zero-order chi connectivity index (χ0) is 15.6. The van der Waals surface area contributed by atoms with Gasteiger partial charge in [0.2, 0.25) is 5.89 Å². The lowest BCUT2D eigenvalue weighted by Gasteiger charge is -2.22. The summed E-state index contributed by atoms with van der Waals surface area (Å²) in [5.74, 6) is 2.34. The zero-order valence-electron chi connectivity index (χ0n) is 13.5. The van der Waals surface area contributed by atoms with Crippen molar-refractivity contribution in [1.82, 2.24) is 9.55 Å². The quantitative estimate of drug-likeness (QED) is 0.689. The van der Waals surface area contributed by atoms with Gasteiger partial charge in [-0.05, 0) is 24.8 Å². The molecule has 0 aliphatic heterocycles. The second-order valence-electron chi connectivity index (χ2n) is 6.39. The summed E-state index contributed by atoms with van der Waals surface area (Å²) in [5.41, 5.74) is 2.19. The van der Waals surface area contributed by atoms with E-state index < -0.39 is 0 Å². The smallest absolute Gasteiger partial charge is 0.228 e. The van der Waals surface area contributed by atoms with E-state index in [9.17, 15) is 0 Å². The van der Waals surface area contributed by atoms with Crippen LogP contribution < -0.4 is 4.74 Å². The van der Waals surface area contributed by atoms with Crippen molar-refractivity contribution in [3.8, 4) is 17.2 Å². The Labute approximate surface area is 136 Å². The van der Waals surface area contributed by atoms with E-state index >= 15 is 0 Å². The number of benzene rings is 1. The average Bonchev–Trinajstić information content (AvgIpc) is 3.24. The van der Waals surface area contributed by atoms with Gasteiger partial charge in [0, 0.05) is 18.1 Å². The predicted octanol–water partition coefficient (Wildman–Crippen LogP) is 4.89. The topological polar surface area (TPSA) is 40.2 Å². The highest BCUT2D eigenvalue weighted by molar-refractivity contribution is 5.97. The van der Waals surface area contributed by atoms with Gasteiger partial charge in [0.1, 0.15) is 12.0 Å². The standard InChI is InChI=1S/C19H22N2O2/c1-22-17-9-5-8-15-16(19-20-10-11-23-19)13-21(18(15)17)12-14-6-3-2-4-7-14/h5,8-11,13-14H,2-4,6-7,12H2,1H3. The first kappa shape index (κ1) is 14.4. The molecule has 1 aliphatic carbocycles. The fourth-order valence-corrected chi connectivity index (χ4v) is 3.81. The van der Waals surface area contributed by atoms with Crippen LogP contribution in [0.3, 0.4) is 0 Å². The first-order valence-corrected chi connectivity index (χ1v) is 8.42. The molecule has 0 amide bonds. The molecule has 3 aromatic rings. The van der Waals surface area contributed by atoms with Crippen molar-refractivity contribution in [3.63, 3.8) is 0 Å². The Morgan fingerprint density at radius 1 is 1.26 bits per heavy atom. The molecule has 4 rings (SSSR count). The van der Waals surface area contributed by atoms with Crippen LogP contribution in [-0.2, 0) is 6.54 Å². The van der Waals surface area contributed by atoms with Crippen molar-refractivity contribution in [1.29, 1.82) is 0 Å². The van der Waals surface area contributed by atoms with Crippen molar-refractivity contribution in [2.24, 2.45) is 5.92 Å². The summed E-state index contributed by atoms with van der Waals surface area (Å²) in [6.45, 7) is 1.04. The Hall–Kier alpha value is -2.23. The van der Waals surface area contributed by atoms with Crippen LogP contribution >= 0.6 is 0 Å². The van der Waals surface area contributed by atoms with Crippen LogP contribution in [0.4, 0.5) is 0 Å². The molecular weight excluding hydrogens is 288 g/mol. The van der Waals surface area contributed by atoms with Crippen LogP contribution in [0, 0.1) is 5.92 Å². The lowest BCUT2D eigenvalue weighted by Crippen LogP contribution is -2.13. The first-order valence-electron chi connectivity index (χ1n) is 8.42. The lowest BCUT2D eigenvalue weighted by atomic mass is 9.89. The highest BCUT2D eigenvalue weighted by Gasteiger charge is 2.20. The number of para-hydroxylation sites is 1. The SMILES string of the molecule is COc1cccc2c(-c3ncco3)cn(CC3CCCCC3)c12. The second kappa shape index (κ2) is 6.11. The van der Waals surface area contributed by atoms with Crippen LogP contribution in [0.5, 0.6) is 5.75 Å². The number of aromatic nitrogens is 2. The molecule has 2 aromatic heterocycles. The van der Waals surface area contributed by atoms with Gasteiger partial charge in [-0.2, -0.15) is 0 Å². The Balaban J connectivity index is 1.82. The van der Waals surface area contributed by atoms with Gasteiger partial charge in [-0.3, -0.25) is 0 Å². The van der Waals surface area contributed by atoms with Gasteiger partial charge in [-0.1, -0.05) is 31.4 Å². The van der Waals surface area contributed by atoms with Gasteiger partial charge in [0.15, 0.2) is 0 Å². The van der Waals surface area contributed by atoms with Gasteiger partial charge in [-0.15, -0.1) is 0 Å². The summed E-state index contributed by atoms with van der Waals surface area (Å²) in [6.07, 6.45) is 12.2. The predicted molar refractivity (Wildman–Crippen MR) is 90.6 cm³/mol. The maximum atomic E-state index is 5.62. The van der Waals surface area contributed by atoms with E-state index in [1.54, 1.807) is 19.6 Å². The molecule has 4 heteroatoms. The molecule has 1 fully saturated rings. The van der Waals surface area contributed by atoms with Crippen LogP contribution in [0.2, 0.25) is 0 Å². The van der Waals surface area contributed by atoms with Crippen molar-refractivity contribution in [2.45, 2.75) is 38.6 Å². The molecule has 23 heavy (non-hydrogen) atoms. The number of fused-ring (bicyclic) bond motifs is 1. The molecule has 2 heterocycles. The zero-order valence-corrected chi connectivity index (χ0v) is 13.5. The van der Waals surface area contributed by atoms with Gasteiger partial charge >= 0.3 is 0 Å². The fourth-order valence-electron chi connectivity index (χ4n) is 3.81. The summed E-state index contributed by atoms with van der Waals surface area (Å²) < 4.78 is 13.5.